The molecule has 2 aromatic carbocycles. The van der Waals surface area contributed by atoms with Gasteiger partial charge in [0.1, 0.15) is 5.75 Å². The fourth-order valence-electron chi connectivity index (χ4n) is 2.32. The molecule has 0 aliphatic carbocycles. The Bertz CT molecular complexity index is 888. The minimum absolute atomic E-state index is 0.169. The summed E-state index contributed by atoms with van der Waals surface area (Å²) in [4.78, 5) is 24.2. The van der Waals surface area contributed by atoms with Gasteiger partial charge in [-0.15, -0.1) is 0 Å². The monoisotopic (exact) mass is 324 g/mol. The number of nitrogens with one attached hydrogen (secondary N) is 3. The number of hydrogen-bond donors (Lipinski definition) is 3. The van der Waals surface area contributed by atoms with Gasteiger partial charge >= 0.3 is 0 Å². The van der Waals surface area contributed by atoms with Gasteiger partial charge in [0.15, 0.2) is 5.69 Å². The van der Waals surface area contributed by atoms with Crippen LogP contribution in [0.5, 0.6) is 5.75 Å². The van der Waals surface area contributed by atoms with E-state index in [0.29, 0.717) is 16.8 Å². The highest BCUT2D eigenvalue weighted by molar-refractivity contribution is 6.06. The molecule has 0 spiro atoms. The lowest BCUT2D eigenvalue weighted by Gasteiger charge is -2.10. The summed E-state index contributed by atoms with van der Waals surface area (Å²) in [5, 5.41) is 12.7. The zero-order valence-electron chi connectivity index (χ0n) is 13.0. The van der Waals surface area contributed by atoms with E-state index in [0.717, 1.165) is 5.52 Å². The van der Waals surface area contributed by atoms with Crippen LogP contribution in [0.3, 0.4) is 0 Å². The number of rotatable bonds is 5. The van der Waals surface area contributed by atoms with E-state index in [1.807, 2.05) is 18.2 Å². The van der Waals surface area contributed by atoms with E-state index in [-0.39, 0.29) is 18.1 Å². The highest BCUT2D eigenvalue weighted by atomic mass is 16.5. The van der Waals surface area contributed by atoms with E-state index in [1.165, 1.54) is 7.11 Å². The Balaban J connectivity index is 1.63. The Kier molecular flexibility index (Phi) is 4.42. The Morgan fingerprint density at radius 3 is 2.71 bits per heavy atom. The Labute approximate surface area is 138 Å². The van der Waals surface area contributed by atoms with Gasteiger partial charge in [-0.1, -0.05) is 30.3 Å². The highest BCUT2D eigenvalue weighted by Gasteiger charge is 2.15. The second-order valence-corrected chi connectivity index (χ2v) is 5.05. The molecule has 1 heterocycles. The van der Waals surface area contributed by atoms with Gasteiger partial charge in [-0.3, -0.25) is 14.7 Å². The molecule has 0 saturated carbocycles. The number of hydrogen-bond acceptors (Lipinski definition) is 4. The van der Waals surface area contributed by atoms with Crippen molar-refractivity contribution in [2.45, 2.75) is 0 Å². The molecule has 0 aliphatic heterocycles. The number of aromatic nitrogens is 2. The second kappa shape index (κ2) is 6.82. The van der Waals surface area contributed by atoms with Gasteiger partial charge in [-0.25, -0.2) is 0 Å². The van der Waals surface area contributed by atoms with Gasteiger partial charge in [0.05, 0.1) is 24.9 Å². The third-order valence-corrected chi connectivity index (χ3v) is 3.48. The Morgan fingerprint density at radius 2 is 1.88 bits per heavy atom. The second-order valence-electron chi connectivity index (χ2n) is 5.05. The normalized spacial score (nSPS) is 10.4. The topological polar surface area (TPSA) is 96.1 Å². The number of benzene rings is 2. The molecule has 7 heteroatoms. The van der Waals surface area contributed by atoms with Crippen LogP contribution in [0.2, 0.25) is 0 Å². The molecule has 1 aromatic heterocycles. The first kappa shape index (κ1) is 15.5. The first-order chi connectivity index (χ1) is 11.7. The van der Waals surface area contributed by atoms with Gasteiger partial charge in [0.25, 0.3) is 5.91 Å². The minimum Gasteiger partial charge on any atom is -0.495 e. The average Bonchev–Trinajstić information content (AvgIpc) is 3.04. The molecule has 3 aromatic rings. The average molecular weight is 324 g/mol. The van der Waals surface area contributed by atoms with Crippen molar-refractivity contribution in [3.63, 3.8) is 0 Å². The van der Waals surface area contributed by atoms with Crippen LogP contribution in [-0.2, 0) is 4.79 Å². The molecule has 0 fully saturated rings. The zero-order chi connectivity index (χ0) is 16.9. The van der Waals surface area contributed by atoms with Crippen LogP contribution in [-0.4, -0.2) is 35.7 Å². The maximum absolute atomic E-state index is 12.2. The first-order valence-electron chi connectivity index (χ1n) is 7.33. The van der Waals surface area contributed by atoms with Gasteiger partial charge in [0.2, 0.25) is 5.91 Å². The standard InChI is InChI=1S/C17H16N4O3/c1-24-14-9-5-4-8-13(14)19-15(22)10-18-17(23)16-11-6-2-3-7-12(11)20-21-16/h2-9H,10H2,1H3,(H,18,23)(H,19,22)(H,20,21). The number of anilines is 1. The smallest absolute Gasteiger partial charge is 0.272 e. The summed E-state index contributed by atoms with van der Waals surface area (Å²) in [5.74, 6) is -0.217. The fourth-order valence-corrected chi connectivity index (χ4v) is 2.32. The van der Waals surface area contributed by atoms with Gasteiger partial charge in [-0.2, -0.15) is 5.10 Å². The van der Waals surface area contributed by atoms with Crippen molar-refractivity contribution in [2.75, 3.05) is 19.0 Å². The minimum atomic E-state index is -0.414. The number of methoxy groups -OCH3 is 1. The summed E-state index contributed by atoms with van der Waals surface area (Å²) in [7, 11) is 1.52. The lowest BCUT2D eigenvalue weighted by atomic mass is 10.2. The Morgan fingerprint density at radius 1 is 1.12 bits per heavy atom. The molecule has 3 N–H and O–H groups in total. The maximum atomic E-state index is 12.2. The van der Waals surface area contributed by atoms with E-state index in [9.17, 15) is 9.59 Å². The molecular formula is C17H16N4O3. The van der Waals surface area contributed by atoms with Crippen molar-refractivity contribution in [2.24, 2.45) is 0 Å². The molecule has 0 bridgehead atoms. The number of fused-ring (bicyclic) bond motifs is 1. The first-order valence-corrected chi connectivity index (χ1v) is 7.33. The molecule has 0 atom stereocenters. The van der Waals surface area contributed by atoms with Crippen LogP contribution in [0.25, 0.3) is 10.9 Å². The summed E-state index contributed by atoms with van der Waals surface area (Å²) in [6.07, 6.45) is 0. The number of carbonyl (C=O) groups is 2. The highest BCUT2D eigenvalue weighted by Crippen LogP contribution is 2.22. The Hall–Kier alpha value is -3.35. The van der Waals surface area contributed by atoms with Crippen molar-refractivity contribution in [1.82, 2.24) is 15.5 Å². The predicted molar refractivity (Wildman–Crippen MR) is 90.1 cm³/mol. The van der Waals surface area contributed by atoms with Crippen LogP contribution in [0.15, 0.2) is 48.5 Å². The van der Waals surface area contributed by atoms with E-state index < -0.39 is 5.91 Å². The number of nitrogens with zero attached hydrogens (tertiary/aromatic N) is 1. The summed E-state index contributed by atoms with van der Waals surface area (Å²) >= 11 is 0. The van der Waals surface area contributed by atoms with Crippen molar-refractivity contribution in [1.29, 1.82) is 0 Å². The largest absolute Gasteiger partial charge is 0.495 e. The van der Waals surface area contributed by atoms with E-state index in [2.05, 4.69) is 20.8 Å². The lowest BCUT2D eigenvalue weighted by Crippen LogP contribution is -2.33. The van der Waals surface area contributed by atoms with Crippen LogP contribution in [0, 0.1) is 0 Å². The molecule has 0 unspecified atom stereocenters. The molecule has 24 heavy (non-hydrogen) atoms. The van der Waals surface area contributed by atoms with E-state index >= 15 is 0 Å². The lowest BCUT2D eigenvalue weighted by molar-refractivity contribution is -0.115. The molecule has 0 saturated heterocycles. The zero-order valence-corrected chi connectivity index (χ0v) is 13.0. The van der Waals surface area contributed by atoms with Gasteiger partial charge in [0, 0.05) is 5.39 Å². The molecule has 3 rings (SSSR count). The number of aromatic amines is 1. The summed E-state index contributed by atoms with van der Waals surface area (Å²) in [6, 6.07) is 14.3. The number of H-pyrrole nitrogens is 1. The van der Waals surface area contributed by atoms with Crippen LogP contribution < -0.4 is 15.4 Å². The number of carbonyl (C=O) groups excluding carboxylic acids is 2. The maximum Gasteiger partial charge on any atom is 0.272 e. The molecule has 2 amide bonds. The predicted octanol–water partition coefficient (Wildman–Crippen LogP) is 1.94. The van der Waals surface area contributed by atoms with E-state index in [1.54, 1.807) is 30.3 Å². The molecule has 122 valence electrons. The molecule has 0 aliphatic rings. The number of ether oxygens (including phenoxy) is 1. The van der Waals surface area contributed by atoms with Gasteiger partial charge < -0.3 is 15.4 Å². The van der Waals surface area contributed by atoms with Crippen molar-refractivity contribution in [3.8, 4) is 5.75 Å². The molecule has 0 radical (unpaired) electrons. The fraction of sp³-hybridized carbons (Fsp3) is 0.118. The molecule has 7 nitrogen and oxygen atoms in total. The summed E-state index contributed by atoms with van der Waals surface area (Å²) in [5.41, 5.74) is 1.57. The van der Waals surface area contributed by atoms with Gasteiger partial charge in [-0.05, 0) is 18.2 Å². The van der Waals surface area contributed by atoms with Crippen molar-refractivity contribution >= 4 is 28.4 Å². The van der Waals surface area contributed by atoms with Crippen molar-refractivity contribution < 1.29 is 14.3 Å². The van der Waals surface area contributed by atoms with E-state index in [4.69, 9.17) is 4.74 Å². The summed E-state index contributed by atoms with van der Waals surface area (Å²) < 4.78 is 5.16. The number of amides is 2. The SMILES string of the molecule is COc1ccccc1NC(=O)CNC(=O)c1n[nH]c2ccccc12. The van der Waals surface area contributed by atoms with Crippen LogP contribution in [0.1, 0.15) is 10.5 Å². The third kappa shape index (κ3) is 3.19. The summed E-state index contributed by atoms with van der Waals surface area (Å²) in [6.45, 7) is -0.169. The van der Waals surface area contributed by atoms with Crippen LogP contribution in [0.4, 0.5) is 5.69 Å². The quantitative estimate of drug-likeness (QED) is 0.668. The van der Waals surface area contributed by atoms with Crippen LogP contribution >= 0.6 is 0 Å². The molecular weight excluding hydrogens is 308 g/mol. The van der Waals surface area contributed by atoms with Crippen molar-refractivity contribution in [3.05, 3.63) is 54.2 Å². The number of para-hydroxylation sites is 3. The third-order valence-electron chi connectivity index (χ3n) is 3.48.